The minimum absolute atomic E-state index is 0.0371. The molecule has 1 N–H and O–H groups in total. The minimum Gasteiger partial charge on any atom is -0.332 e. The predicted octanol–water partition coefficient (Wildman–Crippen LogP) is 6.84. The van der Waals surface area contributed by atoms with Crippen LogP contribution in [0, 0.1) is 0 Å². The number of carbonyl (C=O) groups excluding carboxylic acids is 2. The van der Waals surface area contributed by atoms with Crippen LogP contribution in [0.1, 0.15) is 21.6 Å². The molecule has 4 aromatic rings. The fourth-order valence-corrected chi connectivity index (χ4v) is 3.85. The molecule has 168 valence electrons. The number of anilines is 1. The number of aromatic nitrogens is 1. The Kier molecular flexibility index (Phi) is 6.19. The normalized spacial score (nSPS) is 11.5. The first-order chi connectivity index (χ1) is 15.6. The number of hydrogen-bond donors (Lipinski definition) is 1. The first-order valence-corrected chi connectivity index (χ1v) is 10.4. The van der Waals surface area contributed by atoms with Gasteiger partial charge in [-0.25, -0.2) is 0 Å². The van der Waals surface area contributed by atoms with E-state index in [1.165, 1.54) is 42.5 Å². The first kappa shape index (κ1) is 22.9. The Hall–Kier alpha value is -3.29. The molecular weight excluding hydrogens is 476 g/mol. The summed E-state index contributed by atoms with van der Waals surface area (Å²) >= 11 is 11.7. The number of Topliss-reactive ketones (excluding diaryl/α,β-unsaturated/α-hetero) is 1. The Labute approximate surface area is 196 Å². The van der Waals surface area contributed by atoms with E-state index < -0.39 is 29.1 Å². The molecule has 1 amide bonds. The molecule has 0 saturated carbocycles. The Morgan fingerprint density at radius 1 is 0.848 bits per heavy atom. The van der Waals surface area contributed by atoms with Gasteiger partial charge in [0, 0.05) is 33.2 Å². The van der Waals surface area contributed by atoms with Gasteiger partial charge in [-0.1, -0.05) is 53.5 Å². The minimum atomic E-state index is -4.89. The van der Waals surface area contributed by atoms with Crippen LogP contribution in [0.25, 0.3) is 10.9 Å². The number of amides is 1. The van der Waals surface area contributed by atoms with Crippen LogP contribution >= 0.6 is 23.2 Å². The van der Waals surface area contributed by atoms with E-state index in [4.69, 9.17) is 23.2 Å². The number of nitrogens with one attached hydrogen (secondary N) is 1. The van der Waals surface area contributed by atoms with E-state index >= 15 is 0 Å². The van der Waals surface area contributed by atoms with Gasteiger partial charge in [0.05, 0.1) is 5.56 Å². The van der Waals surface area contributed by atoms with E-state index in [0.29, 0.717) is 15.6 Å². The third kappa shape index (κ3) is 4.74. The molecule has 4 nitrogen and oxygen atoms in total. The second-order valence-electron chi connectivity index (χ2n) is 7.24. The smallest absolute Gasteiger partial charge is 0.332 e. The van der Waals surface area contributed by atoms with Gasteiger partial charge in [-0.05, 0) is 48.0 Å². The van der Waals surface area contributed by atoms with Gasteiger partial charge in [0.25, 0.3) is 11.7 Å². The first-order valence-electron chi connectivity index (χ1n) is 9.69. The maximum absolute atomic E-state index is 14.3. The van der Waals surface area contributed by atoms with Crippen LogP contribution in [-0.2, 0) is 17.5 Å². The van der Waals surface area contributed by atoms with Gasteiger partial charge in [-0.3, -0.25) is 9.59 Å². The molecule has 0 spiro atoms. The lowest BCUT2D eigenvalue weighted by Crippen LogP contribution is -2.26. The molecular formula is C24H15Cl2F3N2O2. The number of nitrogens with zero attached hydrogens (tertiary/aromatic N) is 1. The number of para-hydroxylation sites is 1. The van der Waals surface area contributed by atoms with Crippen LogP contribution in [0.4, 0.5) is 18.9 Å². The molecule has 0 aliphatic heterocycles. The SMILES string of the molecule is O=C(Nc1ccc(Cl)cc1)C(=O)c1c(C(F)(F)F)n(Cc2ccc(Cl)cc2)c2ccccc12. The van der Waals surface area contributed by atoms with Gasteiger partial charge >= 0.3 is 6.18 Å². The molecule has 4 rings (SSSR count). The highest BCUT2D eigenvalue weighted by atomic mass is 35.5. The summed E-state index contributed by atoms with van der Waals surface area (Å²) in [6.45, 7) is -0.168. The number of hydrogen-bond acceptors (Lipinski definition) is 2. The highest BCUT2D eigenvalue weighted by Crippen LogP contribution is 2.39. The highest BCUT2D eigenvalue weighted by molar-refractivity contribution is 6.48. The molecule has 33 heavy (non-hydrogen) atoms. The summed E-state index contributed by atoms with van der Waals surface area (Å²) in [7, 11) is 0. The van der Waals surface area contributed by atoms with Crippen molar-refractivity contribution < 1.29 is 22.8 Å². The number of benzene rings is 3. The van der Waals surface area contributed by atoms with Crippen molar-refractivity contribution in [3.63, 3.8) is 0 Å². The number of halogens is 5. The van der Waals surface area contributed by atoms with Crippen molar-refractivity contribution in [3.8, 4) is 0 Å². The predicted molar refractivity (Wildman–Crippen MR) is 122 cm³/mol. The molecule has 0 aliphatic carbocycles. The zero-order valence-electron chi connectivity index (χ0n) is 16.8. The fourth-order valence-electron chi connectivity index (χ4n) is 3.60. The van der Waals surface area contributed by atoms with E-state index in [0.717, 1.165) is 4.57 Å². The van der Waals surface area contributed by atoms with E-state index in [-0.39, 0.29) is 23.1 Å². The van der Waals surface area contributed by atoms with E-state index in [9.17, 15) is 22.8 Å². The molecule has 0 saturated heterocycles. The zero-order valence-corrected chi connectivity index (χ0v) is 18.3. The van der Waals surface area contributed by atoms with Crippen LogP contribution in [-0.4, -0.2) is 16.3 Å². The second kappa shape index (κ2) is 8.92. The monoisotopic (exact) mass is 490 g/mol. The Bertz CT molecular complexity index is 1350. The summed E-state index contributed by atoms with van der Waals surface area (Å²) in [5.41, 5.74) is -0.915. The standard InChI is InChI=1S/C24H15Cl2F3N2O2/c25-15-7-5-14(6-8-15)13-31-19-4-2-1-3-18(19)20(22(31)24(27,28)29)21(32)23(33)30-17-11-9-16(26)10-12-17/h1-12H,13H2,(H,30,33). The van der Waals surface area contributed by atoms with Crippen LogP contribution in [0.3, 0.4) is 0 Å². The zero-order chi connectivity index (χ0) is 23.8. The van der Waals surface area contributed by atoms with Crippen molar-refractivity contribution in [2.45, 2.75) is 12.7 Å². The maximum Gasteiger partial charge on any atom is 0.432 e. The number of rotatable bonds is 5. The number of ketones is 1. The lowest BCUT2D eigenvalue weighted by atomic mass is 10.1. The van der Waals surface area contributed by atoms with E-state index in [2.05, 4.69) is 5.32 Å². The summed E-state index contributed by atoms with van der Waals surface area (Å²) in [5, 5.41) is 3.23. The third-order valence-corrected chi connectivity index (χ3v) is 5.53. The van der Waals surface area contributed by atoms with E-state index in [1.807, 2.05) is 0 Å². The molecule has 1 heterocycles. The molecule has 3 aromatic carbocycles. The van der Waals surface area contributed by atoms with Gasteiger partial charge in [0.1, 0.15) is 5.69 Å². The Balaban J connectivity index is 1.83. The van der Waals surface area contributed by atoms with Crippen molar-refractivity contribution in [2.24, 2.45) is 0 Å². The van der Waals surface area contributed by atoms with Gasteiger partial charge in [0.15, 0.2) is 0 Å². The largest absolute Gasteiger partial charge is 0.432 e. The lowest BCUT2D eigenvalue weighted by Gasteiger charge is -2.15. The van der Waals surface area contributed by atoms with Gasteiger partial charge in [-0.15, -0.1) is 0 Å². The van der Waals surface area contributed by atoms with Crippen molar-refractivity contribution in [3.05, 3.63) is 99.7 Å². The Morgan fingerprint density at radius 3 is 2.03 bits per heavy atom. The number of alkyl halides is 3. The van der Waals surface area contributed by atoms with Crippen LogP contribution in [0.5, 0.6) is 0 Å². The van der Waals surface area contributed by atoms with Crippen molar-refractivity contribution in [1.82, 2.24) is 4.57 Å². The molecule has 0 bridgehead atoms. The van der Waals surface area contributed by atoms with Crippen molar-refractivity contribution >= 4 is 51.5 Å². The summed E-state index contributed by atoms with van der Waals surface area (Å²) in [6, 6.07) is 18.2. The van der Waals surface area contributed by atoms with Crippen LogP contribution < -0.4 is 5.32 Å². The second-order valence-corrected chi connectivity index (χ2v) is 8.11. The fraction of sp³-hybridized carbons (Fsp3) is 0.0833. The average molecular weight is 491 g/mol. The highest BCUT2D eigenvalue weighted by Gasteiger charge is 2.42. The van der Waals surface area contributed by atoms with Gasteiger partial charge in [0.2, 0.25) is 0 Å². The third-order valence-electron chi connectivity index (χ3n) is 5.03. The van der Waals surface area contributed by atoms with Crippen LogP contribution in [0.2, 0.25) is 10.0 Å². The summed E-state index contributed by atoms with van der Waals surface area (Å²) in [5.74, 6) is -2.47. The summed E-state index contributed by atoms with van der Waals surface area (Å²) in [4.78, 5) is 25.7. The number of carbonyl (C=O) groups is 2. The maximum atomic E-state index is 14.3. The quantitative estimate of drug-likeness (QED) is 0.246. The molecule has 0 fully saturated rings. The Morgan fingerprint density at radius 2 is 1.42 bits per heavy atom. The molecule has 0 radical (unpaired) electrons. The molecule has 1 aromatic heterocycles. The van der Waals surface area contributed by atoms with Crippen molar-refractivity contribution in [1.29, 1.82) is 0 Å². The molecule has 9 heteroatoms. The van der Waals surface area contributed by atoms with Crippen molar-refractivity contribution in [2.75, 3.05) is 5.32 Å². The van der Waals surface area contributed by atoms with Crippen LogP contribution in [0.15, 0.2) is 72.8 Å². The summed E-state index contributed by atoms with van der Waals surface area (Å²) < 4.78 is 43.8. The van der Waals surface area contributed by atoms with Gasteiger partial charge < -0.3 is 9.88 Å². The lowest BCUT2D eigenvalue weighted by molar-refractivity contribution is -0.143. The van der Waals surface area contributed by atoms with Gasteiger partial charge in [-0.2, -0.15) is 13.2 Å². The summed E-state index contributed by atoms with van der Waals surface area (Å²) in [6.07, 6.45) is -4.89. The number of fused-ring (bicyclic) bond motifs is 1. The molecule has 0 unspecified atom stereocenters. The topological polar surface area (TPSA) is 51.1 Å². The molecule has 0 atom stereocenters. The average Bonchev–Trinajstić information content (AvgIpc) is 3.11. The molecule has 0 aliphatic rings. The van der Waals surface area contributed by atoms with E-state index in [1.54, 1.807) is 30.3 Å².